The first-order chi connectivity index (χ1) is 9.77. The van der Waals surface area contributed by atoms with Crippen molar-refractivity contribution in [3.63, 3.8) is 0 Å². The molecule has 1 unspecified atom stereocenters. The Morgan fingerprint density at radius 1 is 1.19 bits per heavy atom. The zero-order valence-electron chi connectivity index (χ0n) is 11.2. The van der Waals surface area contributed by atoms with Crippen LogP contribution in [0.3, 0.4) is 0 Å². The number of hydrogen-bond acceptors (Lipinski definition) is 3. The van der Waals surface area contributed by atoms with Gasteiger partial charge in [0.05, 0.1) is 10.6 Å². The summed E-state index contributed by atoms with van der Waals surface area (Å²) < 4.78 is 36.8. The van der Waals surface area contributed by atoms with Gasteiger partial charge in [-0.05, 0) is 42.8 Å². The summed E-state index contributed by atoms with van der Waals surface area (Å²) in [6.07, 6.45) is 0. The lowest BCUT2D eigenvalue weighted by Gasteiger charge is -2.16. The zero-order chi connectivity index (χ0) is 15.6. The fourth-order valence-electron chi connectivity index (χ4n) is 1.87. The van der Waals surface area contributed by atoms with Crippen molar-refractivity contribution in [1.82, 2.24) is 0 Å². The van der Waals surface area contributed by atoms with Crippen molar-refractivity contribution in [1.29, 1.82) is 0 Å². The van der Waals surface area contributed by atoms with Gasteiger partial charge in [0.25, 0.3) is 0 Å². The third-order valence-electron chi connectivity index (χ3n) is 3.01. The maximum absolute atomic E-state index is 13.8. The minimum atomic E-state index is -3.70. The fraction of sp³-hybridized carbons (Fsp3) is 0.143. The van der Waals surface area contributed by atoms with Gasteiger partial charge in [0.2, 0.25) is 10.0 Å². The highest BCUT2D eigenvalue weighted by Gasteiger charge is 2.11. The molecule has 21 heavy (non-hydrogen) atoms. The molecule has 2 aromatic carbocycles. The Balaban J connectivity index is 2.18. The molecular formula is C14H14BrFN2O2S. The van der Waals surface area contributed by atoms with E-state index in [1.807, 2.05) is 6.92 Å². The van der Waals surface area contributed by atoms with Crippen molar-refractivity contribution in [2.24, 2.45) is 5.14 Å². The number of rotatable bonds is 4. The summed E-state index contributed by atoms with van der Waals surface area (Å²) in [7, 11) is -3.70. The number of hydrogen-bond donors (Lipinski definition) is 2. The Morgan fingerprint density at radius 2 is 1.81 bits per heavy atom. The van der Waals surface area contributed by atoms with E-state index in [0.29, 0.717) is 10.2 Å². The topological polar surface area (TPSA) is 72.2 Å². The number of primary sulfonamides is 1. The van der Waals surface area contributed by atoms with Crippen LogP contribution in [0.2, 0.25) is 0 Å². The second kappa shape index (κ2) is 6.13. The van der Waals surface area contributed by atoms with Crippen LogP contribution in [-0.2, 0) is 10.0 Å². The second-order valence-corrected chi connectivity index (χ2v) is 7.08. The van der Waals surface area contributed by atoms with E-state index < -0.39 is 10.0 Å². The van der Waals surface area contributed by atoms with Gasteiger partial charge in [-0.2, -0.15) is 0 Å². The first kappa shape index (κ1) is 15.9. The summed E-state index contributed by atoms with van der Waals surface area (Å²) in [5.41, 5.74) is 1.20. The summed E-state index contributed by atoms with van der Waals surface area (Å²) in [5.74, 6) is -0.364. The molecule has 2 aromatic rings. The van der Waals surface area contributed by atoms with Crippen LogP contribution in [0.1, 0.15) is 18.5 Å². The van der Waals surface area contributed by atoms with E-state index in [-0.39, 0.29) is 16.8 Å². The molecule has 112 valence electrons. The fourth-order valence-corrected chi connectivity index (χ4v) is 2.72. The average molecular weight is 373 g/mol. The van der Waals surface area contributed by atoms with Crippen LogP contribution in [0.5, 0.6) is 0 Å². The van der Waals surface area contributed by atoms with Crippen molar-refractivity contribution in [3.05, 3.63) is 58.3 Å². The summed E-state index contributed by atoms with van der Waals surface area (Å²) >= 11 is 3.20. The highest BCUT2D eigenvalue weighted by Crippen LogP contribution is 2.24. The molecule has 0 radical (unpaired) electrons. The Bertz CT molecular complexity index is 748. The molecule has 0 fully saturated rings. The summed E-state index contributed by atoms with van der Waals surface area (Å²) in [6, 6.07) is 10.7. The van der Waals surface area contributed by atoms with Gasteiger partial charge in [0.15, 0.2) is 0 Å². The first-order valence-corrected chi connectivity index (χ1v) is 8.45. The van der Waals surface area contributed by atoms with Crippen LogP contribution in [0, 0.1) is 5.82 Å². The highest BCUT2D eigenvalue weighted by molar-refractivity contribution is 9.10. The summed E-state index contributed by atoms with van der Waals surface area (Å²) in [6.45, 7) is 1.85. The molecule has 7 heteroatoms. The van der Waals surface area contributed by atoms with E-state index in [2.05, 4.69) is 21.2 Å². The smallest absolute Gasteiger partial charge is 0.238 e. The van der Waals surface area contributed by atoms with Crippen LogP contribution in [0.25, 0.3) is 0 Å². The molecule has 0 aliphatic rings. The van der Waals surface area contributed by atoms with E-state index in [1.165, 1.54) is 18.2 Å². The van der Waals surface area contributed by atoms with E-state index in [1.54, 1.807) is 24.3 Å². The molecule has 0 aliphatic carbocycles. The van der Waals surface area contributed by atoms with E-state index in [0.717, 1.165) is 5.56 Å². The third kappa shape index (κ3) is 4.03. The van der Waals surface area contributed by atoms with Crippen LogP contribution >= 0.6 is 15.9 Å². The molecule has 2 rings (SSSR count). The van der Waals surface area contributed by atoms with Gasteiger partial charge in [-0.1, -0.05) is 28.1 Å². The predicted octanol–water partition coefficient (Wildman–Crippen LogP) is 3.41. The second-order valence-electron chi connectivity index (χ2n) is 4.60. The van der Waals surface area contributed by atoms with Gasteiger partial charge in [0, 0.05) is 10.5 Å². The Morgan fingerprint density at radius 3 is 2.33 bits per heavy atom. The van der Waals surface area contributed by atoms with Gasteiger partial charge >= 0.3 is 0 Å². The number of benzene rings is 2. The molecule has 1 atom stereocenters. The number of halogens is 2. The predicted molar refractivity (Wildman–Crippen MR) is 84.0 cm³/mol. The number of sulfonamides is 1. The Labute approximate surface area is 131 Å². The quantitative estimate of drug-likeness (QED) is 0.863. The largest absolute Gasteiger partial charge is 0.376 e. The molecule has 3 N–H and O–H groups in total. The van der Waals surface area contributed by atoms with Crippen LogP contribution in [0.4, 0.5) is 10.1 Å². The van der Waals surface area contributed by atoms with Gasteiger partial charge in [-0.3, -0.25) is 0 Å². The lowest BCUT2D eigenvalue weighted by molar-refractivity contribution is 0.597. The number of nitrogens with two attached hydrogens (primary N) is 1. The number of nitrogens with one attached hydrogen (secondary N) is 1. The lowest BCUT2D eigenvalue weighted by atomic mass is 10.1. The van der Waals surface area contributed by atoms with E-state index in [9.17, 15) is 12.8 Å². The normalized spacial score (nSPS) is 13.0. The monoisotopic (exact) mass is 372 g/mol. The lowest BCUT2D eigenvalue weighted by Crippen LogP contribution is -2.13. The minimum Gasteiger partial charge on any atom is -0.376 e. The van der Waals surface area contributed by atoms with Gasteiger partial charge < -0.3 is 5.32 Å². The van der Waals surface area contributed by atoms with Crippen LogP contribution in [-0.4, -0.2) is 8.42 Å². The molecule has 0 saturated heterocycles. The summed E-state index contributed by atoms with van der Waals surface area (Å²) in [5, 5.41) is 8.08. The molecule has 0 heterocycles. The first-order valence-electron chi connectivity index (χ1n) is 6.12. The van der Waals surface area contributed by atoms with Crippen molar-refractivity contribution in [2.75, 3.05) is 5.32 Å². The third-order valence-corrected chi connectivity index (χ3v) is 4.43. The van der Waals surface area contributed by atoms with Crippen molar-refractivity contribution < 1.29 is 12.8 Å². The van der Waals surface area contributed by atoms with Gasteiger partial charge in [-0.25, -0.2) is 17.9 Å². The van der Waals surface area contributed by atoms with E-state index in [4.69, 9.17) is 5.14 Å². The molecule has 0 bridgehead atoms. The van der Waals surface area contributed by atoms with Gasteiger partial charge in [-0.15, -0.1) is 0 Å². The minimum absolute atomic E-state index is 0.0493. The maximum atomic E-state index is 13.8. The van der Waals surface area contributed by atoms with Crippen molar-refractivity contribution >= 4 is 31.6 Å². The van der Waals surface area contributed by atoms with Crippen molar-refractivity contribution in [3.8, 4) is 0 Å². The number of anilines is 1. The zero-order valence-corrected chi connectivity index (χ0v) is 13.6. The van der Waals surface area contributed by atoms with Gasteiger partial charge in [0.1, 0.15) is 5.82 Å². The molecule has 0 saturated carbocycles. The SMILES string of the molecule is CC(Nc1ccc(Br)cc1F)c1ccc(S(N)(=O)=O)cc1. The Kier molecular flexibility index (Phi) is 4.65. The molecule has 0 amide bonds. The standard InChI is InChI=1S/C14H14BrFN2O2S/c1-9(18-14-7-4-11(15)8-13(14)16)10-2-5-12(6-3-10)21(17,19)20/h2-9,18H,1H3,(H2,17,19,20). The molecular weight excluding hydrogens is 359 g/mol. The summed E-state index contributed by atoms with van der Waals surface area (Å²) in [4.78, 5) is 0.0493. The van der Waals surface area contributed by atoms with Crippen molar-refractivity contribution in [2.45, 2.75) is 17.9 Å². The maximum Gasteiger partial charge on any atom is 0.238 e. The van der Waals surface area contributed by atoms with E-state index >= 15 is 0 Å². The average Bonchev–Trinajstić information content (AvgIpc) is 2.41. The van der Waals surface area contributed by atoms with Crippen LogP contribution in [0.15, 0.2) is 51.8 Å². The molecule has 0 aliphatic heterocycles. The highest BCUT2D eigenvalue weighted by atomic mass is 79.9. The Hall–Kier alpha value is -1.44. The van der Waals surface area contributed by atoms with Crippen LogP contribution < -0.4 is 10.5 Å². The molecule has 0 aromatic heterocycles. The molecule has 4 nitrogen and oxygen atoms in total. The molecule has 0 spiro atoms.